The van der Waals surface area contributed by atoms with Crippen LogP contribution in [0, 0.1) is 5.92 Å². The minimum atomic E-state index is -3.39. The summed E-state index contributed by atoms with van der Waals surface area (Å²) in [5.41, 5.74) is 0. The molecule has 0 bridgehead atoms. The number of halogens is 1. The van der Waals surface area contributed by atoms with Crippen molar-refractivity contribution in [2.24, 2.45) is 10.9 Å². The molecule has 0 saturated carbocycles. The Kier molecular flexibility index (Phi) is 9.53. The fourth-order valence-corrected chi connectivity index (χ4v) is 4.53. The zero-order chi connectivity index (χ0) is 16.7. The third kappa shape index (κ3) is 6.49. The van der Waals surface area contributed by atoms with Gasteiger partial charge in [0.25, 0.3) is 0 Å². The second-order valence-corrected chi connectivity index (χ2v) is 8.68. The maximum absolute atomic E-state index is 12.0. The first kappa shape index (κ1) is 21.7. The van der Waals surface area contributed by atoms with Gasteiger partial charge in [-0.2, -0.15) is 0 Å². The molecule has 0 unspecified atom stereocenters. The van der Waals surface area contributed by atoms with Crippen molar-refractivity contribution in [1.29, 1.82) is 0 Å². The van der Waals surface area contributed by atoms with E-state index in [1.54, 1.807) is 17.5 Å². The summed E-state index contributed by atoms with van der Waals surface area (Å²) >= 11 is 1.22. The molecule has 2 heterocycles. The summed E-state index contributed by atoms with van der Waals surface area (Å²) < 4.78 is 27.0. The van der Waals surface area contributed by atoms with Gasteiger partial charge in [-0.1, -0.05) is 13.0 Å². The molecule has 0 amide bonds. The summed E-state index contributed by atoms with van der Waals surface area (Å²) in [7, 11) is -3.39. The van der Waals surface area contributed by atoms with Crippen LogP contribution < -0.4 is 10.0 Å². The lowest BCUT2D eigenvalue weighted by atomic mass is 10.00. The van der Waals surface area contributed by atoms with Crippen molar-refractivity contribution in [2.75, 3.05) is 32.7 Å². The Morgan fingerprint density at radius 3 is 2.71 bits per heavy atom. The van der Waals surface area contributed by atoms with Crippen LogP contribution >= 0.6 is 35.3 Å². The molecule has 1 aromatic rings. The lowest BCUT2D eigenvalue weighted by molar-refractivity contribution is 0.273. The van der Waals surface area contributed by atoms with E-state index in [4.69, 9.17) is 0 Å². The number of thiophene rings is 1. The molecular weight excluding hydrogens is 459 g/mol. The van der Waals surface area contributed by atoms with Gasteiger partial charge >= 0.3 is 0 Å². The van der Waals surface area contributed by atoms with E-state index in [0.717, 1.165) is 31.5 Å². The third-order valence-electron chi connectivity index (χ3n) is 3.84. The largest absolute Gasteiger partial charge is 0.357 e. The summed E-state index contributed by atoms with van der Waals surface area (Å²) in [4.78, 5) is 6.82. The Labute approximate surface area is 166 Å². The monoisotopic (exact) mass is 486 g/mol. The quantitative estimate of drug-likeness (QED) is 0.280. The highest BCUT2D eigenvalue weighted by Crippen LogP contribution is 2.16. The Balaban J connectivity index is 0.00000288. The van der Waals surface area contributed by atoms with Crippen molar-refractivity contribution < 1.29 is 8.42 Å². The number of hydrogen-bond donors (Lipinski definition) is 2. The fourth-order valence-electron chi connectivity index (χ4n) is 2.48. The van der Waals surface area contributed by atoms with E-state index in [2.05, 4.69) is 26.9 Å². The molecule has 1 aromatic heterocycles. The number of nitrogens with zero attached hydrogens (tertiary/aromatic N) is 2. The number of rotatable bonds is 6. The number of aliphatic imine (C=N–C) groups is 1. The highest BCUT2D eigenvalue weighted by atomic mass is 127. The molecule has 0 aromatic carbocycles. The standard InChI is InChI=1S/C15H26N4O2S2.HI/c1-3-16-15(19-10-6-13(2)7-11-19)17-8-9-18-23(20,21)14-5-4-12-22-14;/h4-5,12-13,18H,3,6-11H2,1-2H3,(H,16,17);1H. The normalized spacial score (nSPS) is 16.8. The molecule has 1 saturated heterocycles. The average molecular weight is 486 g/mol. The summed E-state index contributed by atoms with van der Waals surface area (Å²) in [6.45, 7) is 7.88. The highest BCUT2D eigenvalue weighted by molar-refractivity contribution is 14.0. The van der Waals surface area contributed by atoms with Gasteiger partial charge < -0.3 is 10.2 Å². The Hall–Kier alpha value is -0.390. The zero-order valence-electron chi connectivity index (χ0n) is 14.2. The van der Waals surface area contributed by atoms with Crippen molar-refractivity contribution in [3.8, 4) is 0 Å². The van der Waals surface area contributed by atoms with Crippen LogP contribution in [0.4, 0.5) is 0 Å². The molecular formula is C15H27IN4O2S2. The predicted octanol–water partition coefficient (Wildman–Crippen LogP) is 2.34. The molecule has 138 valence electrons. The molecule has 1 aliphatic heterocycles. The Morgan fingerprint density at radius 2 is 2.12 bits per heavy atom. The second-order valence-electron chi connectivity index (χ2n) is 5.74. The number of sulfonamides is 1. The Bertz CT molecular complexity index is 597. The molecule has 0 spiro atoms. The first-order valence-corrected chi connectivity index (χ1v) is 10.5. The molecule has 0 aliphatic carbocycles. The molecule has 2 N–H and O–H groups in total. The number of likely N-dealkylation sites (tertiary alicyclic amines) is 1. The Morgan fingerprint density at radius 1 is 1.42 bits per heavy atom. The van der Waals surface area contributed by atoms with Crippen molar-refractivity contribution in [3.63, 3.8) is 0 Å². The smallest absolute Gasteiger partial charge is 0.250 e. The molecule has 1 aliphatic rings. The predicted molar refractivity (Wildman–Crippen MR) is 111 cm³/mol. The summed E-state index contributed by atoms with van der Waals surface area (Å²) in [6.07, 6.45) is 2.35. The van der Waals surface area contributed by atoms with Crippen LogP contribution in [0.2, 0.25) is 0 Å². The van der Waals surface area contributed by atoms with E-state index >= 15 is 0 Å². The number of hydrogen-bond acceptors (Lipinski definition) is 4. The molecule has 2 rings (SSSR count). The van der Waals surface area contributed by atoms with Gasteiger partial charge in [0, 0.05) is 26.2 Å². The summed E-state index contributed by atoms with van der Waals surface area (Å²) in [6, 6.07) is 3.34. The molecule has 6 nitrogen and oxygen atoms in total. The maximum atomic E-state index is 12.0. The molecule has 0 atom stereocenters. The van der Waals surface area contributed by atoms with E-state index in [1.807, 2.05) is 6.92 Å². The van der Waals surface area contributed by atoms with Gasteiger partial charge in [0.05, 0.1) is 6.54 Å². The average Bonchev–Trinajstić information content (AvgIpc) is 3.06. The minimum Gasteiger partial charge on any atom is -0.357 e. The van der Waals surface area contributed by atoms with Crippen molar-refractivity contribution in [3.05, 3.63) is 17.5 Å². The SMILES string of the molecule is CCNC(=NCCNS(=O)(=O)c1cccs1)N1CCC(C)CC1.I. The molecule has 24 heavy (non-hydrogen) atoms. The van der Waals surface area contributed by atoms with E-state index in [1.165, 1.54) is 24.2 Å². The number of guanidine groups is 1. The molecule has 0 radical (unpaired) electrons. The van der Waals surface area contributed by atoms with E-state index in [9.17, 15) is 8.42 Å². The van der Waals surface area contributed by atoms with Crippen LogP contribution in [0.25, 0.3) is 0 Å². The van der Waals surface area contributed by atoms with Crippen LogP contribution in [-0.4, -0.2) is 52.0 Å². The minimum absolute atomic E-state index is 0. The van der Waals surface area contributed by atoms with Gasteiger partial charge in [-0.05, 0) is 37.1 Å². The third-order valence-corrected chi connectivity index (χ3v) is 6.70. The van der Waals surface area contributed by atoms with E-state index in [-0.39, 0.29) is 24.0 Å². The molecule has 1 fully saturated rings. The van der Waals surface area contributed by atoms with Gasteiger partial charge in [0.15, 0.2) is 5.96 Å². The zero-order valence-corrected chi connectivity index (χ0v) is 18.2. The van der Waals surface area contributed by atoms with Crippen molar-refractivity contribution >= 4 is 51.3 Å². The summed E-state index contributed by atoms with van der Waals surface area (Å²) in [5, 5.41) is 5.05. The first-order valence-electron chi connectivity index (χ1n) is 8.09. The molecule has 9 heteroatoms. The number of piperidine rings is 1. The van der Waals surface area contributed by atoms with E-state index in [0.29, 0.717) is 17.3 Å². The van der Waals surface area contributed by atoms with Crippen LogP contribution in [0.3, 0.4) is 0 Å². The topological polar surface area (TPSA) is 73.8 Å². The first-order chi connectivity index (χ1) is 11.0. The van der Waals surface area contributed by atoms with Gasteiger partial charge in [0.2, 0.25) is 10.0 Å². The number of nitrogens with one attached hydrogen (secondary N) is 2. The van der Waals surface area contributed by atoms with Crippen molar-refractivity contribution in [1.82, 2.24) is 14.9 Å². The highest BCUT2D eigenvalue weighted by Gasteiger charge is 2.18. The van der Waals surface area contributed by atoms with Gasteiger partial charge in [0.1, 0.15) is 4.21 Å². The van der Waals surface area contributed by atoms with Gasteiger partial charge in [-0.15, -0.1) is 35.3 Å². The van der Waals surface area contributed by atoms with Crippen LogP contribution in [-0.2, 0) is 10.0 Å². The van der Waals surface area contributed by atoms with Gasteiger partial charge in [-0.3, -0.25) is 4.99 Å². The summed E-state index contributed by atoms with van der Waals surface area (Å²) in [5.74, 6) is 1.65. The van der Waals surface area contributed by atoms with Crippen LogP contribution in [0.15, 0.2) is 26.7 Å². The lowest BCUT2D eigenvalue weighted by Crippen LogP contribution is -2.45. The van der Waals surface area contributed by atoms with E-state index < -0.39 is 10.0 Å². The van der Waals surface area contributed by atoms with Crippen LogP contribution in [0.1, 0.15) is 26.7 Å². The van der Waals surface area contributed by atoms with Crippen molar-refractivity contribution in [2.45, 2.75) is 30.9 Å². The van der Waals surface area contributed by atoms with Crippen LogP contribution in [0.5, 0.6) is 0 Å². The fraction of sp³-hybridized carbons (Fsp3) is 0.667. The maximum Gasteiger partial charge on any atom is 0.250 e. The second kappa shape index (κ2) is 10.6. The lowest BCUT2D eigenvalue weighted by Gasteiger charge is -2.33. The van der Waals surface area contributed by atoms with Gasteiger partial charge in [-0.25, -0.2) is 13.1 Å².